The van der Waals surface area contributed by atoms with Crippen molar-refractivity contribution >= 4 is 5.91 Å². The number of carbonyl (C=O) groups excluding carboxylic acids is 1. The van der Waals surface area contributed by atoms with Gasteiger partial charge in [-0.25, -0.2) is 0 Å². The van der Waals surface area contributed by atoms with Gasteiger partial charge in [-0.2, -0.15) is 0 Å². The van der Waals surface area contributed by atoms with E-state index >= 15 is 0 Å². The lowest BCUT2D eigenvalue weighted by atomic mass is 10.0. The third-order valence-corrected chi connectivity index (χ3v) is 4.58. The van der Waals surface area contributed by atoms with Gasteiger partial charge >= 0.3 is 0 Å². The van der Waals surface area contributed by atoms with Gasteiger partial charge in [0.25, 0.3) is 0 Å². The highest BCUT2D eigenvalue weighted by molar-refractivity contribution is 5.76. The number of pyridine rings is 1. The van der Waals surface area contributed by atoms with Crippen molar-refractivity contribution in [3.63, 3.8) is 0 Å². The summed E-state index contributed by atoms with van der Waals surface area (Å²) in [6, 6.07) is 10.2. The van der Waals surface area contributed by atoms with E-state index in [0.29, 0.717) is 18.9 Å². The van der Waals surface area contributed by atoms with Crippen molar-refractivity contribution in [3.05, 3.63) is 48.3 Å². The highest BCUT2D eigenvalue weighted by atomic mass is 16.5. The minimum Gasteiger partial charge on any atom is -0.487 e. The first-order chi connectivity index (χ1) is 11.7. The summed E-state index contributed by atoms with van der Waals surface area (Å²) in [5.74, 6) is 1.47. The van der Waals surface area contributed by atoms with Crippen molar-refractivity contribution in [1.82, 2.24) is 10.3 Å². The quantitative estimate of drug-likeness (QED) is 0.883. The Hall–Kier alpha value is -2.36. The first-order valence-electron chi connectivity index (χ1n) is 8.63. The van der Waals surface area contributed by atoms with Gasteiger partial charge in [0.1, 0.15) is 11.9 Å². The van der Waals surface area contributed by atoms with Crippen LogP contribution in [0.2, 0.25) is 0 Å². The standard InChI is InChI=1S/C20H24N2O2/c1-3-14(2)11-19(23)22-13-17-12-16-5-4-6-18(20(16)24-17)15-7-9-21-10-8-15/h4-10,14,17H,3,11-13H2,1-2H3,(H,22,23)/t14-,17-/m1/s1. The van der Waals surface area contributed by atoms with E-state index in [1.54, 1.807) is 12.4 Å². The zero-order valence-corrected chi connectivity index (χ0v) is 14.3. The summed E-state index contributed by atoms with van der Waals surface area (Å²) in [4.78, 5) is 16.0. The molecule has 1 aromatic carbocycles. The molecule has 1 N–H and O–H groups in total. The number of benzene rings is 1. The summed E-state index contributed by atoms with van der Waals surface area (Å²) in [7, 11) is 0. The zero-order chi connectivity index (χ0) is 16.9. The number of nitrogens with zero attached hydrogens (tertiary/aromatic N) is 1. The van der Waals surface area contributed by atoms with E-state index in [1.165, 1.54) is 5.56 Å². The molecule has 2 atom stereocenters. The van der Waals surface area contributed by atoms with Crippen molar-refractivity contribution in [3.8, 4) is 16.9 Å². The fraction of sp³-hybridized carbons (Fsp3) is 0.400. The van der Waals surface area contributed by atoms with E-state index in [2.05, 4.69) is 42.3 Å². The third-order valence-electron chi connectivity index (χ3n) is 4.58. The Morgan fingerprint density at radius 3 is 2.88 bits per heavy atom. The number of hydrogen-bond donors (Lipinski definition) is 1. The summed E-state index contributed by atoms with van der Waals surface area (Å²) in [6.45, 7) is 4.76. The van der Waals surface area contributed by atoms with Crippen LogP contribution in [-0.2, 0) is 11.2 Å². The number of rotatable bonds is 6. The molecule has 0 fully saturated rings. The first-order valence-corrected chi connectivity index (χ1v) is 8.63. The number of amides is 1. The molecule has 4 nitrogen and oxygen atoms in total. The summed E-state index contributed by atoms with van der Waals surface area (Å²) >= 11 is 0. The number of fused-ring (bicyclic) bond motifs is 1. The van der Waals surface area contributed by atoms with E-state index in [1.807, 2.05) is 12.1 Å². The molecule has 2 heterocycles. The van der Waals surface area contributed by atoms with Gasteiger partial charge < -0.3 is 10.1 Å². The van der Waals surface area contributed by atoms with Crippen LogP contribution in [0.3, 0.4) is 0 Å². The number of ether oxygens (including phenoxy) is 1. The van der Waals surface area contributed by atoms with Crippen molar-refractivity contribution in [2.75, 3.05) is 6.54 Å². The van der Waals surface area contributed by atoms with Crippen LogP contribution >= 0.6 is 0 Å². The lowest BCUT2D eigenvalue weighted by molar-refractivity contribution is -0.122. The third kappa shape index (κ3) is 3.75. The predicted octanol–water partition coefficient (Wildman–Crippen LogP) is 3.60. The van der Waals surface area contributed by atoms with Crippen molar-refractivity contribution in [2.24, 2.45) is 5.92 Å². The molecule has 126 valence electrons. The summed E-state index contributed by atoms with van der Waals surface area (Å²) < 4.78 is 6.14. The fourth-order valence-electron chi connectivity index (χ4n) is 2.97. The molecule has 3 rings (SSSR count). The van der Waals surface area contributed by atoms with Gasteiger partial charge in [-0.05, 0) is 29.2 Å². The number of aromatic nitrogens is 1. The molecular formula is C20H24N2O2. The molecule has 0 bridgehead atoms. The Kier molecular flexibility index (Phi) is 5.14. The largest absolute Gasteiger partial charge is 0.487 e. The number of hydrogen-bond acceptors (Lipinski definition) is 3. The second-order valence-corrected chi connectivity index (χ2v) is 6.50. The lowest BCUT2D eigenvalue weighted by Gasteiger charge is -2.14. The maximum absolute atomic E-state index is 12.0. The SMILES string of the molecule is CC[C@@H](C)CC(=O)NC[C@H]1Cc2cccc(-c3ccncc3)c2O1. The van der Waals surface area contributed by atoms with Crippen LogP contribution in [0.5, 0.6) is 5.75 Å². The summed E-state index contributed by atoms with van der Waals surface area (Å²) in [5.41, 5.74) is 3.39. The highest BCUT2D eigenvalue weighted by Crippen LogP contribution is 2.38. The van der Waals surface area contributed by atoms with Crippen LogP contribution < -0.4 is 10.1 Å². The molecular weight excluding hydrogens is 300 g/mol. The summed E-state index contributed by atoms with van der Waals surface area (Å²) in [5, 5.41) is 3.01. The Morgan fingerprint density at radius 2 is 2.12 bits per heavy atom. The van der Waals surface area contributed by atoms with E-state index in [4.69, 9.17) is 4.74 Å². The van der Waals surface area contributed by atoms with Crippen LogP contribution in [0.1, 0.15) is 32.3 Å². The molecule has 0 saturated heterocycles. The molecule has 0 saturated carbocycles. The van der Waals surface area contributed by atoms with Crippen molar-refractivity contribution < 1.29 is 9.53 Å². The smallest absolute Gasteiger partial charge is 0.220 e. The van der Waals surface area contributed by atoms with Crippen LogP contribution in [0, 0.1) is 5.92 Å². The van der Waals surface area contributed by atoms with Gasteiger partial charge in [0, 0.05) is 30.8 Å². The van der Waals surface area contributed by atoms with Crippen molar-refractivity contribution in [2.45, 2.75) is 39.2 Å². The fourth-order valence-corrected chi connectivity index (χ4v) is 2.97. The predicted molar refractivity (Wildman–Crippen MR) is 94.9 cm³/mol. The Balaban J connectivity index is 1.64. The lowest BCUT2D eigenvalue weighted by Crippen LogP contribution is -2.35. The summed E-state index contributed by atoms with van der Waals surface area (Å²) in [6.07, 6.45) is 6.01. The van der Waals surface area contributed by atoms with Crippen LogP contribution in [0.4, 0.5) is 0 Å². The van der Waals surface area contributed by atoms with Gasteiger partial charge in [0.15, 0.2) is 0 Å². The molecule has 0 unspecified atom stereocenters. The maximum atomic E-state index is 12.0. The van der Waals surface area contributed by atoms with Crippen LogP contribution in [-0.4, -0.2) is 23.5 Å². The highest BCUT2D eigenvalue weighted by Gasteiger charge is 2.26. The normalized spacial score (nSPS) is 17.0. The zero-order valence-electron chi connectivity index (χ0n) is 14.3. The Labute approximate surface area is 143 Å². The van der Waals surface area contributed by atoms with E-state index in [9.17, 15) is 4.79 Å². The van der Waals surface area contributed by atoms with E-state index in [0.717, 1.165) is 29.7 Å². The molecule has 24 heavy (non-hydrogen) atoms. The topological polar surface area (TPSA) is 51.2 Å². The Morgan fingerprint density at radius 1 is 1.33 bits per heavy atom. The van der Waals surface area contributed by atoms with E-state index in [-0.39, 0.29) is 12.0 Å². The minimum atomic E-state index is 0.00358. The van der Waals surface area contributed by atoms with Gasteiger partial charge in [-0.1, -0.05) is 38.5 Å². The molecule has 4 heteroatoms. The van der Waals surface area contributed by atoms with Gasteiger partial charge in [0.05, 0.1) is 6.54 Å². The number of carbonyl (C=O) groups is 1. The van der Waals surface area contributed by atoms with E-state index < -0.39 is 0 Å². The number of para-hydroxylation sites is 1. The second kappa shape index (κ2) is 7.47. The molecule has 1 amide bonds. The second-order valence-electron chi connectivity index (χ2n) is 6.50. The molecule has 0 radical (unpaired) electrons. The average molecular weight is 324 g/mol. The van der Waals surface area contributed by atoms with Gasteiger partial charge in [-0.15, -0.1) is 0 Å². The Bertz CT molecular complexity index is 700. The monoisotopic (exact) mass is 324 g/mol. The molecule has 0 spiro atoms. The molecule has 0 aliphatic carbocycles. The molecule has 1 aromatic heterocycles. The van der Waals surface area contributed by atoms with Gasteiger partial charge in [-0.3, -0.25) is 9.78 Å². The van der Waals surface area contributed by atoms with Crippen LogP contribution in [0.15, 0.2) is 42.7 Å². The van der Waals surface area contributed by atoms with Crippen LogP contribution in [0.25, 0.3) is 11.1 Å². The van der Waals surface area contributed by atoms with Gasteiger partial charge in [0.2, 0.25) is 5.91 Å². The number of nitrogens with one attached hydrogen (secondary N) is 1. The molecule has 2 aromatic rings. The average Bonchev–Trinajstić information content (AvgIpc) is 3.03. The minimum absolute atomic E-state index is 0.00358. The first kappa shape index (κ1) is 16.5. The molecule has 1 aliphatic heterocycles. The van der Waals surface area contributed by atoms with Crippen molar-refractivity contribution in [1.29, 1.82) is 0 Å². The maximum Gasteiger partial charge on any atom is 0.220 e. The molecule has 1 aliphatic rings.